The third kappa shape index (κ3) is 4.65. The van der Waals surface area contributed by atoms with E-state index >= 15 is 0 Å². The lowest BCUT2D eigenvalue weighted by Crippen LogP contribution is -2.12. The van der Waals surface area contributed by atoms with Crippen LogP contribution >= 0.6 is 11.6 Å². The molecule has 0 saturated heterocycles. The molecule has 0 aromatic heterocycles. The molecule has 2 aromatic carbocycles. The third-order valence-electron chi connectivity index (χ3n) is 3.14. The van der Waals surface area contributed by atoms with Crippen LogP contribution in [-0.2, 0) is 16.4 Å². The maximum absolute atomic E-state index is 11.2. The minimum Gasteiger partial charge on any atom is -0.384 e. The van der Waals surface area contributed by atoms with Gasteiger partial charge in [0.2, 0.25) is 10.0 Å². The number of primary sulfonamides is 1. The Labute approximate surface area is 138 Å². The van der Waals surface area contributed by atoms with Crippen molar-refractivity contribution in [1.29, 1.82) is 0 Å². The number of halogens is 1. The minimum absolute atomic E-state index is 0.0626. The molecule has 0 bridgehead atoms. The van der Waals surface area contributed by atoms with Gasteiger partial charge >= 0.3 is 0 Å². The van der Waals surface area contributed by atoms with E-state index in [-0.39, 0.29) is 15.6 Å². The van der Waals surface area contributed by atoms with Crippen molar-refractivity contribution in [2.75, 3.05) is 11.9 Å². The van der Waals surface area contributed by atoms with Crippen LogP contribution in [0.3, 0.4) is 0 Å². The largest absolute Gasteiger partial charge is 0.384 e. The Morgan fingerprint density at radius 3 is 2.35 bits per heavy atom. The van der Waals surface area contributed by atoms with Gasteiger partial charge in [-0.25, -0.2) is 13.6 Å². The maximum Gasteiger partial charge on any atom is 0.271 e. The fourth-order valence-corrected chi connectivity index (χ4v) is 2.71. The second kappa shape index (κ2) is 6.95. The number of rotatable bonds is 6. The molecule has 0 unspecified atom stereocenters. The van der Waals surface area contributed by atoms with E-state index in [1.807, 2.05) is 0 Å². The summed E-state index contributed by atoms with van der Waals surface area (Å²) in [6, 6.07) is 10.5. The molecule has 3 N–H and O–H groups in total. The summed E-state index contributed by atoms with van der Waals surface area (Å²) in [5, 5.41) is 19.0. The van der Waals surface area contributed by atoms with E-state index in [4.69, 9.17) is 16.7 Å². The lowest BCUT2D eigenvalue weighted by atomic mass is 10.1. The van der Waals surface area contributed by atoms with Gasteiger partial charge < -0.3 is 5.32 Å². The summed E-state index contributed by atoms with van der Waals surface area (Å²) in [7, 11) is -3.69. The monoisotopic (exact) mass is 355 g/mol. The quantitative estimate of drug-likeness (QED) is 0.610. The van der Waals surface area contributed by atoms with Crippen LogP contribution in [0.15, 0.2) is 47.4 Å². The minimum atomic E-state index is -3.69. The van der Waals surface area contributed by atoms with Crippen LogP contribution in [0, 0.1) is 10.1 Å². The number of nitro benzene ring substituents is 1. The van der Waals surface area contributed by atoms with E-state index in [1.54, 1.807) is 18.2 Å². The summed E-state index contributed by atoms with van der Waals surface area (Å²) >= 11 is 5.98. The highest BCUT2D eigenvalue weighted by atomic mass is 35.5. The topological polar surface area (TPSA) is 115 Å². The maximum atomic E-state index is 11.2. The molecule has 0 aliphatic rings. The first-order valence-corrected chi connectivity index (χ1v) is 8.49. The van der Waals surface area contributed by atoms with Gasteiger partial charge in [-0.1, -0.05) is 23.7 Å². The Kier molecular flexibility index (Phi) is 5.19. The number of non-ortho nitro benzene ring substituents is 1. The summed E-state index contributed by atoms with van der Waals surface area (Å²) < 4.78 is 22.3. The van der Waals surface area contributed by atoms with Gasteiger partial charge in [-0.05, 0) is 30.2 Å². The van der Waals surface area contributed by atoms with Gasteiger partial charge in [-0.15, -0.1) is 0 Å². The molecule has 0 spiro atoms. The number of sulfonamides is 1. The molecular formula is C14H14ClN3O4S. The number of nitro groups is 1. The Morgan fingerprint density at radius 1 is 1.17 bits per heavy atom. The average molecular weight is 356 g/mol. The highest BCUT2D eigenvalue weighted by Crippen LogP contribution is 2.26. The molecule has 0 aliphatic heterocycles. The van der Waals surface area contributed by atoms with Crippen LogP contribution in [0.25, 0.3) is 0 Å². The molecular weight excluding hydrogens is 342 g/mol. The van der Waals surface area contributed by atoms with E-state index in [2.05, 4.69) is 5.32 Å². The van der Waals surface area contributed by atoms with Gasteiger partial charge in [0.25, 0.3) is 5.69 Å². The van der Waals surface area contributed by atoms with E-state index in [0.717, 1.165) is 5.56 Å². The van der Waals surface area contributed by atoms with Crippen molar-refractivity contribution in [1.82, 2.24) is 0 Å². The molecule has 0 saturated carbocycles. The van der Waals surface area contributed by atoms with Crippen molar-refractivity contribution in [3.63, 3.8) is 0 Å². The summed E-state index contributed by atoms with van der Waals surface area (Å²) in [5.41, 5.74) is 1.44. The highest BCUT2D eigenvalue weighted by molar-refractivity contribution is 7.89. The van der Waals surface area contributed by atoms with Gasteiger partial charge in [0.05, 0.1) is 20.5 Å². The lowest BCUT2D eigenvalue weighted by molar-refractivity contribution is -0.384. The number of hydrogen-bond acceptors (Lipinski definition) is 5. The first kappa shape index (κ1) is 17.2. The number of anilines is 1. The Balaban J connectivity index is 1.96. The van der Waals surface area contributed by atoms with Crippen molar-refractivity contribution >= 4 is 33.0 Å². The summed E-state index contributed by atoms with van der Waals surface area (Å²) in [4.78, 5) is 10.2. The zero-order valence-corrected chi connectivity index (χ0v) is 13.5. The number of hydrogen-bond donors (Lipinski definition) is 2. The van der Waals surface area contributed by atoms with Crippen molar-refractivity contribution in [3.8, 4) is 0 Å². The van der Waals surface area contributed by atoms with Gasteiger partial charge in [0, 0.05) is 18.7 Å². The van der Waals surface area contributed by atoms with Crippen molar-refractivity contribution < 1.29 is 13.3 Å². The Hall–Kier alpha value is -2.16. The van der Waals surface area contributed by atoms with Crippen LogP contribution in [0.1, 0.15) is 5.56 Å². The van der Waals surface area contributed by atoms with E-state index in [0.29, 0.717) is 18.7 Å². The fraction of sp³-hybridized carbons (Fsp3) is 0.143. The SMILES string of the molecule is NS(=O)(=O)c1ccc(CCNc2ccc([N+](=O)[O-])cc2Cl)cc1. The molecule has 0 aliphatic carbocycles. The predicted molar refractivity (Wildman–Crippen MR) is 88.1 cm³/mol. The van der Waals surface area contributed by atoms with Crippen LogP contribution in [0.2, 0.25) is 5.02 Å². The molecule has 2 aromatic rings. The van der Waals surface area contributed by atoms with Crippen molar-refractivity contribution in [2.24, 2.45) is 5.14 Å². The zero-order chi connectivity index (χ0) is 17.0. The van der Waals surface area contributed by atoms with Gasteiger partial charge in [0.1, 0.15) is 0 Å². The van der Waals surface area contributed by atoms with Crippen LogP contribution in [0.4, 0.5) is 11.4 Å². The van der Waals surface area contributed by atoms with Crippen LogP contribution < -0.4 is 10.5 Å². The Morgan fingerprint density at radius 2 is 1.83 bits per heavy atom. The Bertz CT molecular complexity index is 822. The second-order valence-electron chi connectivity index (χ2n) is 4.79. The van der Waals surface area contributed by atoms with Crippen molar-refractivity contribution in [2.45, 2.75) is 11.3 Å². The normalized spacial score (nSPS) is 11.2. The van der Waals surface area contributed by atoms with Gasteiger partial charge in [0.15, 0.2) is 0 Å². The van der Waals surface area contributed by atoms with E-state index in [9.17, 15) is 18.5 Å². The summed E-state index contributed by atoms with van der Waals surface area (Å²) in [5.74, 6) is 0. The summed E-state index contributed by atoms with van der Waals surface area (Å²) in [6.07, 6.45) is 0.623. The number of nitrogens with zero attached hydrogens (tertiary/aromatic N) is 1. The highest BCUT2D eigenvalue weighted by Gasteiger charge is 2.09. The molecule has 23 heavy (non-hydrogen) atoms. The van der Waals surface area contributed by atoms with Crippen LogP contribution in [0.5, 0.6) is 0 Å². The van der Waals surface area contributed by atoms with E-state index < -0.39 is 14.9 Å². The smallest absolute Gasteiger partial charge is 0.271 e. The molecule has 0 atom stereocenters. The lowest BCUT2D eigenvalue weighted by Gasteiger charge is -2.08. The van der Waals surface area contributed by atoms with E-state index in [1.165, 1.54) is 24.3 Å². The standard InChI is InChI=1S/C14H14ClN3O4S/c15-13-9-11(18(19)20)3-6-14(13)17-8-7-10-1-4-12(5-2-10)23(16,21)22/h1-6,9,17H,7-8H2,(H2,16,21,22). The predicted octanol–water partition coefficient (Wildman–Crippen LogP) is 2.55. The molecule has 2 rings (SSSR count). The molecule has 7 nitrogen and oxygen atoms in total. The van der Waals surface area contributed by atoms with Crippen molar-refractivity contribution in [3.05, 3.63) is 63.2 Å². The average Bonchev–Trinajstić information content (AvgIpc) is 2.48. The van der Waals surface area contributed by atoms with Crippen LogP contribution in [-0.4, -0.2) is 19.9 Å². The van der Waals surface area contributed by atoms with Gasteiger partial charge in [-0.3, -0.25) is 10.1 Å². The number of nitrogens with two attached hydrogens (primary N) is 1. The molecule has 0 heterocycles. The molecule has 122 valence electrons. The van der Waals surface area contributed by atoms with Gasteiger partial charge in [-0.2, -0.15) is 0 Å². The first-order valence-electron chi connectivity index (χ1n) is 6.57. The molecule has 0 radical (unpaired) electrons. The second-order valence-corrected chi connectivity index (χ2v) is 6.76. The molecule has 0 amide bonds. The first-order chi connectivity index (χ1) is 10.8. The number of nitrogens with one attached hydrogen (secondary N) is 1. The molecule has 0 fully saturated rings. The molecule has 9 heteroatoms. The fourth-order valence-electron chi connectivity index (χ4n) is 1.95. The third-order valence-corrected chi connectivity index (χ3v) is 4.39. The zero-order valence-electron chi connectivity index (χ0n) is 11.9. The number of benzene rings is 2. The summed E-state index contributed by atoms with van der Waals surface area (Å²) in [6.45, 7) is 0.534.